The molecule has 0 saturated heterocycles. The molecule has 0 bridgehead atoms. The zero-order chi connectivity index (χ0) is 17.2. The van der Waals surface area contributed by atoms with Crippen LogP contribution in [0, 0.1) is 0 Å². The summed E-state index contributed by atoms with van der Waals surface area (Å²) in [6.45, 7) is 6.25. The van der Waals surface area contributed by atoms with E-state index in [1.54, 1.807) is 25.3 Å². The zero-order valence-electron chi connectivity index (χ0n) is 14.4. The molecule has 0 fully saturated rings. The Morgan fingerprint density at radius 1 is 1.09 bits per heavy atom. The van der Waals surface area contributed by atoms with Crippen molar-refractivity contribution >= 4 is 5.97 Å². The highest BCUT2D eigenvalue weighted by molar-refractivity contribution is 5.90. The molecule has 124 valence electrons. The SMILES string of the molecule is COc1ccc(C(=O)OCC=C(C)C=CC=C(C)C)cc1OC. The van der Waals surface area contributed by atoms with E-state index >= 15 is 0 Å². The number of carbonyl (C=O) groups excluding carboxylic acids is 1. The van der Waals surface area contributed by atoms with Crippen molar-refractivity contribution < 1.29 is 19.0 Å². The van der Waals surface area contributed by atoms with Crippen molar-refractivity contribution in [2.45, 2.75) is 20.8 Å². The maximum Gasteiger partial charge on any atom is 0.338 e. The first-order valence-corrected chi connectivity index (χ1v) is 7.35. The largest absolute Gasteiger partial charge is 0.493 e. The number of ether oxygens (including phenoxy) is 3. The minimum atomic E-state index is -0.400. The molecule has 0 aliphatic heterocycles. The average molecular weight is 316 g/mol. The summed E-state index contributed by atoms with van der Waals surface area (Å²) < 4.78 is 15.6. The van der Waals surface area contributed by atoms with Crippen molar-refractivity contribution in [1.82, 2.24) is 0 Å². The van der Waals surface area contributed by atoms with Gasteiger partial charge >= 0.3 is 5.97 Å². The monoisotopic (exact) mass is 316 g/mol. The summed E-state index contributed by atoms with van der Waals surface area (Å²) in [4.78, 5) is 12.0. The van der Waals surface area contributed by atoms with Crippen LogP contribution in [0.5, 0.6) is 11.5 Å². The Balaban J connectivity index is 2.63. The predicted octanol–water partition coefficient (Wildman–Crippen LogP) is 4.33. The summed E-state index contributed by atoms with van der Waals surface area (Å²) in [6.07, 6.45) is 7.82. The lowest BCUT2D eigenvalue weighted by Crippen LogP contribution is -2.06. The standard InChI is InChI=1S/C19H24O4/c1-14(2)7-6-8-15(3)11-12-23-19(20)16-9-10-17(21-4)18(13-16)22-5/h6-11,13H,12H2,1-5H3. The van der Waals surface area contributed by atoms with Crippen LogP contribution < -0.4 is 9.47 Å². The van der Waals surface area contributed by atoms with Crippen LogP contribution in [-0.4, -0.2) is 26.8 Å². The number of benzene rings is 1. The summed E-state index contributed by atoms with van der Waals surface area (Å²) >= 11 is 0. The molecule has 4 heteroatoms. The Bertz CT molecular complexity index is 620. The van der Waals surface area contributed by atoms with E-state index in [2.05, 4.69) is 0 Å². The third kappa shape index (κ3) is 6.43. The van der Waals surface area contributed by atoms with Crippen LogP contribution in [0.2, 0.25) is 0 Å². The highest BCUT2D eigenvalue weighted by Crippen LogP contribution is 2.27. The third-order valence-corrected chi connectivity index (χ3v) is 3.03. The van der Waals surface area contributed by atoms with Crippen molar-refractivity contribution in [2.24, 2.45) is 0 Å². The number of carbonyl (C=O) groups is 1. The van der Waals surface area contributed by atoms with Gasteiger partial charge in [0.2, 0.25) is 0 Å². The molecular weight excluding hydrogens is 292 g/mol. The maximum absolute atomic E-state index is 12.0. The van der Waals surface area contributed by atoms with Crippen LogP contribution in [-0.2, 0) is 4.74 Å². The molecule has 0 saturated carbocycles. The molecule has 1 aromatic rings. The van der Waals surface area contributed by atoms with Crippen LogP contribution >= 0.6 is 0 Å². The van der Waals surface area contributed by atoms with E-state index in [0.717, 1.165) is 5.57 Å². The molecule has 1 rings (SSSR count). The molecule has 0 spiro atoms. The van der Waals surface area contributed by atoms with E-state index in [9.17, 15) is 4.79 Å². The van der Waals surface area contributed by atoms with Crippen molar-refractivity contribution in [3.05, 3.63) is 59.2 Å². The average Bonchev–Trinajstić information content (AvgIpc) is 2.53. The van der Waals surface area contributed by atoms with Gasteiger partial charge in [0, 0.05) is 0 Å². The number of rotatable bonds is 7. The van der Waals surface area contributed by atoms with Gasteiger partial charge in [-0.05, 0) is 45.0 Å². The van der Waals surface area contributed by atoms with E-state index < -0.39 is 5.97 Å². The Morgan fingerprint density at radius 2 is 1.78 bits per heavy atom. The van der Waals surface area contributed by atoms with Gasteiger partial charge in [-0.2, -0.15) is 0 Å². The van der Waals surface area contributed by atoms with Gasteiger partial charge in [-0.1, -0.05) is 29.4 Å². The second-order valence-electron chi connectivity index (χ2n) is 5.22. The number of allylic oxidation sites excluding steroid dienone is 5. The highest BCUT2D eigenvalue weighted by atomic mass is 16.5. The number of esters is 1. The Hall–Kier alpha value is -2.49. The van der Waals surface area contributed by atoms with Gasteiger partial charge in [-0.15, -0.1) is 0 Å². The highest BCUT2D eigenvalue weighted by Gasteiger charge is 2.11. The topological polar surface area (TPSA) is 44.8 Å². The summed E-state index contributed by atoms with van der Waals surface area (Å²) in [5.41, 5.74) is 2.69. The smallest absolute Gasteiger partial charge is 0.338 e. The molecule has 0 radical (unpaired) electrons. The number of hydrogen-bond acceptors (Lipinski definition) is 4. The molecule has 0 atom stereocenters. The molecule has 0 aliphatic carbocycles. The van der Waals surface area contributed by atoms with E-state index in [0.29, 0.717) is 17.1 Å². The van der Waals surface area contributed by atoms with Gasteiger partial charge in [-0.25, -0.2) is 4.79 Å². The molecule has 0 heterocycles. The fourth-order valence-electron chi connectivity index (χ4n) is 1.76. The Morgan fingerprint density at radius 3 is 2.39 bits per heavy atom. The molecule has 0 aliphatic rings. The molecule has 1 aromatic carbocycles. The van der Waals surface area contributed by atoms with E-state index in [1.165, 1.54) is 12.7 Å². The Labute approximate surface area is 138 Å². The minimum absolute atomic E-state index is 0.220. The van der Waals surface area contributed by atoms with Gasteiger partial charge < -0.3 is 14.2 Å². The van der Waals surface area contributed by atoms with Crippen LogP contribution in [0.3, 0.4) is 0 Å². The van der Waals surface area contributed by atoms with Crippen molar-refractivity contribution in [1.29, 1.82) is 0 Å². The minimum Gasteiger partial charge on any atom is -0.493 e. The van der Waals surface area contributed by atoms with Crippen LogP contribution in [0.25, 0.3) is 0 Å². The molecule has 0 aromatic heterocycles. The first-order chi connectivity index (χ1) is 11.0. The molecule has 4 nitrogen and oxygen atoms in total. The number of methoxy groups -OCH3 is 2. The molecule has 0 unspecified atom stereocenters. The summed E-state index contributed by atoms with van der Waals surface area (Å²) in [5, 5.41) is 0. The second-order valence-corrected chi connectivity index (χ2v) is 5.22. The first-order valence-electron chi connectivity index (χ1n) is 7.35. The third-order valence-electron chi connectivity index (χ3n) is 3.03. The number of hydrogen-bond donors (Lipinski definition) is 0. The van der Waals surface area contributed by atoms with E-state index in [4.69, 9.17) is 14.2 Å². The van der Waals surface area contributed by atoms with Gasteiger partial charge in [0.25, 0.3) is 0 Å². The van der Waals surface area contributed by atoms with Gasteiger partial charge in [0.1, 0.15) is 6.61 Å². The van der Waals surface area contributed by atoms with Crippen LogP contribution in [0.15, 0.2) is 53.6 Å². The van der Waals surface area contributed by atoms with E-state index in [-0.39, 0.29) is 6.61 Å². The normalized spacial score (nSPS) is 11.3. The van der Waals surface area contributed by atoms with Crippen LogP contribution in [0.1, 0.15) is 31.1 Å². The van der Waals surface area contributed by atoms with Gasteiger partial charge in [0.05, 0.1) is 19.8 Å². The summed E-state index contributed by atoms with van der Waals surface area (Å²) in [7, 11) is 3.07. The molecule has 23 heavy (non-hydrogen) atoms. The second kappa shape index (κ2) is 9.51. The lowest BCUT2D eigenvalue weighted by Gasteiger charge is -2.09. The quantitative estimate of drug-likeness (QED) is 0.555. The fraction of sp³-hybridized carbons (Fsp3) is 0.316. The molecular formula is C19H24O4. The van der Waals surface area contributed by atoms with Gasteiger partial charge in [-0.3, -0.25) is 0 Å². The van der Waals surface area contributed by atoms with Crippen molar-refractivity contribution in [2.75, 3.05) is 20.8 Å². The van der Waals surface area contributed by atoms with Crippen LogP contribution in [0.4, 0.5) is 0 Å². The summed E-state index contributed by atoms with van der Waals surface area (Å²) in [6, 6.07) is 4.93. The predicted molar refractivity (Wildman–Crippen MR) is 92.2 cm³/mol. The lowest BCUT2D eigenvalue weighted by molar-refractivity contribution is 0.0548. The maximum atomic E-state index is 12.0. The summed E-state index contributed by atoms with van der Waals surface area (Å²) in [5.74, 6) is 0.672. The zero-order valence-corrected chi connectivity index (χ0v) is 14.4. The van der Waals surface area contributed by atoms with E-state index in [1.807, 2.05) is 45.1 Å². The molecule has 0 N–H and O–H groups in total. The van der Waals surface area contributed by atoms with Crippen molar-refractivity contribution in [3.63, 3.8) is 0 Å². The first kappa shape index (κ1) is 18.6. The van der Waals surface area contributed by atoms with Crippen molar-refractivity contribution in [3.8, 4) is 11.5 Å². The molecule has 0 amide bonds. The Kier molecular flexibility index (Phi) is 7.67. The van der Waals surface area contributed by atoms with Gasteiger partial charge in [0.15, 0.2) is 11.5 Å². The fourth-order valence-corrected chi connectivity index (χ4v) is 1.76. The lowest BCUT2D eigenvalue weighted by atomic mass is 10.2.